The summed E-state index contributed by atoms with van der Waals surface area (Å²) in [5, 5.41) is 1.26. The van der Waals surface area contributed by atoms with E-state index in [0.717, 1.165) is 36.4 Å². The molecule has 0 unspecified atom stereocenters. The molecule has 1 heterocycles. The van der Waals surface area contributed by atoms with Crippen molar-refractivity contribution >= 4 is 17.0 Å². The van der Waals surface area contributed by atoms with Crippen LogP contribution < -0.4 is 0 Å². The van der Waals surface area contributed by atoms with Crippen molar-refractivity contribution < 1.29 is 9.15 Å². The van der Waals surface area contributed by atoms with Gasteiger partial charge >= 0.3 is 0 Å². The maximum atomic E-state index is 5.95. The molecule has 1 aliphatic rings. The smallest absolute Gasteiger partial charge is 0.135 e. The molecule has 1 aliphatic carbocycles. The predicted octanol–water partition coefficient (Wildman–Crippen LogP) is 4.32. The molecule has 0 spiro atoms. The monoisotopic (exact) mass is 242 g/mol. The third-order valence-electron chi connectivity index (χ3n) is 3.60. The second kappa shape index (κ2) is 4.52. The molecule has 0 atom stereocenters. The Hall–Kier alpha value is -1.70. The van der Waals surface area contributed by atoms with E-state index in [1.54, 1.807) is 7.11 Å². The fourth-order valence-electron chi connectivity index (χ4n) is 2.66. The van der Waals surface area contributed by atoms with Gasteiger partial charge in [-0.3, -0.25) is 0 Å². The van der Waals surface area contributed by atoms with E-state index < -0.39 is 0 Å². The number of rotatable bonds is 3. The van der Waals surface area contributed by atoms with Crippen LogP contribution in [0.15, 0.2) is 28.4 Å². The number of ether oxygens (including phenoxy) is 1. The van der Waals surface area contributed by atoms with E-state index in [4.69, 9.17) is 9.15 Å². The van der Waals surface area contributed by atoms with Crippen LogP contribution in [0.5, 0.6) is 0 Å². The lowest BCUT2D eigenvalue weighted by Gasteiger charge is -2.10. The van der Waals surface area contributed by atoms with Crippen molar-refractivity contribution in [3.8, 4) is 0 Å². The number of methoxy groups -OCH3 is 1. The summed E-state index contributed by atoms with van der Waals surface area (Å²) in [6, 6.07) is 6.60. The van der Waals surface area contributed by atoms with Gasteiger partial charge in [0, 0.05) is 23.4 Å². The lowest BCUT2D eigenvalue weighted by Crippen LogP contribution is -1.98. The molecule has 1 aromatic heterocycles. The summed E-state index contributed by atoms with van der Waals surface area (Å²) in [5.41, 5.74) is 3.69. The van der Waals surface area contributed by atoms with Gasteiger partial charge in [0.1, 0.15) is 11.3 Å². The molecule has 2 heteroatoms. The van der Waals surface area contributed by atoms with Crippen LogP contribution in [-0.4, -0.2) is 7.11 Å². The number of aryl methyl sites for hydroxylation is 2. The number of benzene rings is 1. The van der Waals surface area contributed by atoms with E-state index >= 15 is 0 Å². The first-order chi connectivity index (χ1) is 8.81. The molecule has 0 saturated carbocycles. The summed E-state index contributed by atoms with van der Waals surface area (Å²) in [6.07, 6.45) is 6.28. The van der Waals surface area contributed by atoms with Crippen LogP contribution in [0.1, 0.15) is 36.7 Å². The summed E-state index contributed by atoms with van der Waals surface area (Å²) in [5.74, 6) is 1.98. The molecule has 0 fully saturated rings. The summed E-state index contributed by atoms with van der Waals surface area (Å²) in [4.78, 5) is 0. The van der Waals surface area contributed by atoms with E-state index in [-0.39, 0.29) is 0 Å². The molecule has 0 radical (unpaired) electrons. The van der Waals surface area contributed by atoms with Gasteiger partial charge in [-0.15, -0.1) is 0 Å². The van der Waals surface area contributed by atoms with Gasteiger partial charge in [-0.25, -0.2) is 0 Å². The summed E-state index contributed by atoms with van der Waals surface area (Å²) >= 11 is 0. The molecule has 94 valence electrons. The highest BCUT2D eigenvalue weighted by Crippen LogP contribution is 2.33. The number of hydrogen-bond acceptors (Lipinski definition) is 2. The Morgan fingerprint density at radius 1 is 1.28 bits per heavy atom. The fraction of sp³-hybridized carbons (Fsp3) is 0.375. The Labute approximate surface area is 107 Å². The van der Waals surface area contributed by atoms with Crippen LogP contribution in [0.25, 0.3) is 17.0 Å². The minimum absolute atomic E-state index is 0.967. The van der Waals surface area contributed by atoms with Crippen molar-refractivity contribution in [3.05, 3.63) is 40.8 Å². The minimum Gasteiger partial charge on any atom is -0.501 e. The largest absolute Gasteiger partial charge is 0.501 e. The standard InChI is InChI=1S/C16H18O2/c1-3-4-11-5-7-13-14-8-6-12(17-2)10-16(14)18-15(13)9-11/h5,7,9-10H,3-4,6,8H2,1-2H3. The summed E-state index contributed by atoms with van der Waals surface area (Å²) in [7, 11) is 1.72. The van der Waals surface area contributed by atoms with Gasteiger partial charge in [0.25, 0.3) is 0 Å². The van der Waals surface area contributed by atoms with Crippen molar-refractivity contribution in [1.82, 2.24) is 0 Å². The Morgan fingerprint density at radius 2 is 2.17 bits per heavy atom. The molecule has 3 rings (SSSR count). The zero-order valence-electron chi connectivity index (χ0n) is 11.0. The summed E-state index contributed by atoms with van der Waals surface area (Å²) in [6.45, 7) is 2.20. The molecule has 0 bridgehead atoms. The number of furan rings is 1. The van der Waals surface area contributed by atoms with Crippen molar-refractivity contribution in [2.24, 2.45) is 0 Å². The van der Waals surface area contributed by atoms with Gasteiger partial charge in [-0.1, -0.05) is 25.5 Å². The third kappa shape index (κ3) is 1.82. The molecule has 0 N–H and O–H groups in total. The predicted molar refractivity (Wildman–Crippen MR) is 73.5 cm³/mol. The lowest BCUT2D eigenvalue weighted by molar-refractivity contribution is 0.279. The number of hydrogen-bond donors (Lipinski definition) is 0. The van der Waals surface area contributed by atoms with E-state index in [0.29, 0.717) is 0 Å². The number of allylic oxidation sites excluding steroid dienone is 1. The minimum atomic E-state index is 0.967. The van der Waals surface area contributed by atoms with E-state index in [9.17, 15) is 0 Å². The second-order valence-electron chi connectivity index (χ2n) is 4.84. The molecule has 0 saturated heterocycles. The topological polar surface area (TPSA) is 22.4 Å². The highest BCUT2D eigenvalue weighted by molar-refractivity contribution is 5.86. The highest BCUT2D eigenvalue weighted by Gasteiger charge is 2.18. The van der Waals surface area contributed by atoms with Gasteiger partial charge in [0.2, 0.25) is 0 Å². The fourth-order valence-corrected chi connectivity index (χ4v) is 2.66. The van der Waals surface area contributed by atoms with E-state index in [2.05, 4.69) is 25.1 Å². The van der Waals surface area contributed by atoms with Gasteiger partial charge in [-0.2, -0.15) is 0 Å². The van der Waals surface area contributed by atoms with Crippen LogP contribution in [0.2, 0.25) is 0 Å². The molecule has 0 amide bonds. The lowest BCUT2D eigenvalue weighted by atomic mass is 9.99. The molecule has 2 nitrogen and oxygen atoms in total. The SMILES string of the molecule is CCCc1ccc2c3c(oc2c1)C=C(OC)CC3. The zero-order chi connectivity index (χ0) is 12.5. The van der Waals surface area contributed by atoms with Crippen LogP contribution >= 0.6 is 0 Å². The van der Waals surface area contributed by atoms with Crippen LogP contribution in [-0.2, 0) is 17.6 Å². The van der Waals surface area contributed by atoms with Crippen molar-refractivity contribution in [1.29, 1.82) is 0 Å². The van der Waals surface area contributed by atoms with Crippen LogP contribution in [0, 0.1) is 0 Å². The van der Waals surface area contributed by atoms with Gasteiger partial charge in [-0.05, 0) is 24.5 Å². The van der Waals surface area contributed by atoms with E-state index in [1.807, 2.05) is 6.08 Å². The second-order valence-corrected chi connectivity index (χ2v) is 4.84. The molecule has 18 heavy (non-hydrogen) atoms. The highest BCUT2D eigenvalue weighted by atomic mass is 16.5. The first-order valence-corrected chi connectivity index (χ1v) is 6.60. The van der Waals surface area contributed by atoms with Gasteiger partial charge in [0.05, 0.1) is 12.9 Å². The van der Waals surface area contributed by atoms with Crippen LogP contribution in [0.3, 0.4) is 0 Å². The molecule has 0 aliphatic heterocycles. The Kier molecular flexibility index (Phi) is 2.86. The summed E-state index contributed by atoms with van der Waals surface area (Å²) < 4.78 is 11.3. The third-order valence-corrected chi connectivity index (χ3v) is 3.60. The molecular weight excluding hydrogens is 224 g/mol. The zero-order valence-corrected chi connectivity index (χ0v) is 11.0. The van der Waals surface area contributed by atoms with Crippen molar-refractivity contribution in [2.45, 2.75) is 32.6 Å². The molecular formula is C16H18O2. The van der Waals surface area contributed by atoms with Crippen LogP contribution in [0.4, 0.5) is 0 Å². The van der Waals surface area contributed by atoms with Gasteiger partial charge in [0.15, 0.2) is 0 Å². The van der Waals surface area contributed by atoms with Crippen molar-refractivity contribution in [3.63, 3.8) is 0 Å². The average molecular weight is 242 g/mol. The van der Waals surface area contributed by atoms with Gasteiger partial charge < -0.3 is 9.15 Å². The first-order valence-electron chi connectivity index (χ1n) is 6.60. The Bertz CT molecular complexity index is 605. The van der Waals surface area contributed by atoms with Crippen molar-refractivity contribution in [2.75, 3.05) is 7.11 Å². The quantitative estimate of drug-likeness (QED) is 0.799. The molecule has 1 aromatic carbocycles. The Balaban J connectivity index is 2.10. The molecule has 2 aromatic rings. The first kappa shape index (κ1) is 11.4. The maximum Gasteiger partial charge on any atom is 0.135 e. The Morgan fingerprint density at radius 3 is 2.94 bits per heavy atom. The normalized spacial score (nSPS) is 14.4. The van der Waals surface area contributed by atoms with E-state index in [1.165, 1.54) is 22.9 Å². The maximum absolute atomic E-state index is 5.95. The number of fused-ring (bicyclic) bond motifs is 3. The average Bonchev–Trinajstić information content (AvgIpc) is 2.75.